The van der Waals surface area contributed by atoms with Crippen LogP contribution in [0.1, 0.15) is 28.8 Å². The third-order valence-corrected chi connectivity index (χ3v) is 4.83. The molecule has 0 N–H and O–H groups in total. The fraction of sp³-hybridized carbons (Fsp3) is 0.250. The third kappa shape index (κ3) is 4.43. The summed E-state index contributed by atoms with van der Waals surface area (Å²) in [4.78, 5) is 0.362. The van der Waals surface area contributed by atoms with Gasteiger partial charge in [-0.05, 0) is 48.6 Å². The molecule has 0 spiro atoms. The van der Waals surface area contributed by atoms with Gasteiger partial charge >= 0.3 is 0 Å². The summed E-state index contributed by atoms with van der Waals surface area (Å²) >= 11 is 7.17. The summed E-state index contributed by atoms with van der Waals surface area (Å²) in [6, 6.07) is 15.2. The summed E-state index contributed by atoms with van der Waals surface area (Å²) in [6.45, 7) is 0. The molecular weight excluding hydrogens is 371 g/mol. The smallest absolute Gasteiger partial charge is 0.123 e. The van der Waals surface area contributed by atoms with Crippen molar-refractivity contribution in [2.75, 3.05) is 0 Å². The Labute approximate surface area is 130 Å². The molecule has 1 unspecified atom stereocenters. The lowest BCUT2D eigenvalue weighted by Crippen LogP contribution is -1.93. The van der Waals surface area contributed by atoms with E-state index in [-0.39, 0.29) is 5.82 Å². The van der Waals surface area contributed by atoms with Crippen molar-refractivity contribution in [1.29, 1.82) is 0 Å². The van der Waals surface area contributed by atoms with Crippen LogP contribution in [0.4, 0.5) is 4.39 Å². The zero-order valence-electron chi connectivity index (χ0n) is 10.5. The van der Waals surface area contributed by atoms with Crippen LogP contribution in [0.25, 0.3) is 0 Å². The average Bonchev–Trinajstić information content (AvgIpc) is 2.43. The van der Waals surface area contributed by atoms with Gasteiger partial charge in [-0.15, -0.1) is 0 Å². The first-order valence-corrected chi connectivity index (χ1v) is 8.00. The second kappa shape index (κ2) is 7.20. The van der Waals surface area contributed by atoms with Crippen LogP contribution in [0.15, 0.2) is 53.0 Å². The van der Waals surface area contributed by atoms with E-state index >= 15 is 0 Å². The highest BCUT2D eigenvalue weighted by atomic mass is 79.9. The Morgan fingerprint density at radius 3 is 2.53 bits per heavy atom. The Hall–Kier alpha value is -0.670. The van der Waals surface area contributed by atoms with Crippen molar-refractivity contribution in [1.82, 2.24) is 0 Å². The number of alkyl halides is 1. The van der Waals surface area contributed by atoms with Crippen LogP contribution in [0.3, 0.4) is 0 Å². The molecule has 2 aromatic carbocycles. The summed E-state index contributed by atoms with van der Waals surface area (Å²) in [5.41, 5.74) is 2.33. The zero-order valence-corrected chi connectivity index (χ0v) is 13.6. The average molecular weight is 386 g/mol. The fourth-order valence-electron chi connectivity index (χ4n) is 2.04. The molecule has 0 saturated carbocycles. The van der Waals surface area contributed by atoms with Crippen LogP contribution in [0, 0.1) is 5.82 Å². The van der Waals surface area contributed by atoms with E-state index in [0.717, 1.165) is 29.3 Å². The Kier molecular flexibility index (Phi) is 5.59. The molecular formula is C16H15Br2F. The SMILES string of the molecule is Fc1ccc(Br)c(CCCC(Br)c2ccccc2)c1. The molecule has 0 radical (unpaired) electrons. The Balaban J connectivity index is 1.88. The predicted molar refractivity (Wildman–Crippen MR) is 85.1 cm³/mol. The van der Waals surface area contributed by atoms with E-state index in [4.69, 9.17) is 0 Å². The monoisotopic (exact) mass is 384 g/mol. The van der Waals surface area contributed by atoms with Gasteiger partial charge in [0.25, 0.3) is 0 Å². The number of rotatable bonds is 5. The van der Waals surface area contributed by atoms with Crippen molar-refractivity contribution in [3.8, 4) is 0 Å². The molecule has 3 heteroatoms. The molecule has 0 aromatic heterocycles. The summed E-state index contributed by atoms with van der Waals surface area (Å²) in [7, 11) is 0. The lowest BCUT2D eigenvalue weighted by atomic mass is 10.0. The number of hydrogen-bond acceptors (Lipinski definition) is 0. The van der Waals surface area contributed by atoms with Crippen LogP contribution >= 0.6 is 31.9 Å². The molecule has 0 aliphatic carbocycles. The van der Waals surface area contributed by atoms with E-state index in [1.165, 1.54) is 11.6 Å². The number of benzene rings is 2. The van der Waals surface area contributed by atoms with Gasteiger partial charge in [-0.25, -0.2) is 4.39 Å². The molecule has 0 fully saturated rings. The molecule has 0 aliphatic heterocycles. The molecule has 1 atom stereocenters. The summed E-state index contributed by atoms with van der Waals surface area (Å²) in [6.07, 6.45) is 2.94. The van der Waals surface area contributed by atoms with Crippen molar-refractivity contribution in [2.24, 2.45) is 0 Å². The van der Waals surface area contributed by atoms with Gasteiger partial charge in [0.1, 0.15) is 5.82 Å². The maximum absolute atomic E-state index is 13.2. The molecule has 0 bridgehead atoms. The van der Waals surface area contributed by atoms with Gasteiger partial charge in [0.05, 0.1) is 0 Å². The van der Waals surface area contributed by atoms with Crippen molar-refractivity contribution < 1.29 is 4.39 Å². The highest BCUT2D eigenvalue weighted by Gasteiger charge is 2.08. The van der Waals surface area contributed by atoms with E-state index in [9.17, 15) is 4.39 Å². The molecule has 0 aliphatic rings. The second-order valence-corrected chi connectivity index (χ2v) is 6.47. The normalized spacial score (nSPS) is 12.4. The highest BCUT2D eigenvalue weighted by Crippen LogP contribution is 2.29. The zero-order chi connectivity index (χ0) is 13.7. The Bertz CT molecular complexity index is 526. The van der Waals surface area contributed by atoms with Gasteiger partial charge in [-0.1, -0.05) is 62.2 Å². The standard InChI is InChI=1S/C16H15Br2F/c17-15(12-5-2-1-3-6-12)8-4-7-13-11-14(19)9-10-16(13)18/h1-3,5-6,9-11,15H,4,7-8H2. The number of aryl methyl sites for hydroxylation is 1. The molecule has 19 heavy (non-hydrogen) atoms. The first-order valence-electron chi connectivity index (χ1n) is 6.30. The van der Waals surface area contributed by atoms with E-state index in [2.05, 4.69) is 44.0 Å². The third-order valence-electron chi connectivity index (χ3n) is 3.07. The summed E-state index contributed by atoms with van der Waals surface area (Å²) in [5, 5.41) is 0. The van der Waals surface area contributed by atoms with Gasteiger partial charge in [-0.3, -0.25) is 0 Å². The number of hydrogen-bond donors (Lipinski definition) is 0. The Morgan fingerprint density at radius 2 is 1.79 bits per heavy atom. The van der Waals surface area contributed by atoms with E-state index < -0.39 is 0 Å². The van der Waals surface area contributed by atoms with Gasteiger partial charge < -0.3 is 0 Å². The minimum Gasteiger partial charge on any atom is -0.207 e. The van der Waals surface area contributed by atoms with Crippen LogP contribution in [-0.4, -0.2) is 0 Å². The van der Waals surface area contributed by atoms with Gasteiger partial charge in [0.15, 0.2) is 0 Å². The highest BCUT2D eigenvalue weighted by molar-refractivity contribution is 9.10. The lowest BCUT2D eigenvalue weighted by Gasteiger charge is -2.10. The molecule has 0 nitrogen and oxygen atoms in total. The summed E-state index contributed by atoms with van der Waals surface area (Å²) in [5.74, 6) is -0.170. The maximum Gasteiger partial charge on any atom is 0.123 e. The molecule has 2 rings (SSSR count). The van der Waals surface area contributed by atoms with Gasteiger partial charge in [0.2, 0.25) is 0 Å². The Morgan fingerprint density at radius 1 is 1.05 bits per heavy atom. The van der Waals surface area contributed by atoms with Crippen LogP contribution in [0.2, 0.25) is 0 Å². The number of halogens is 3. The topological polar surface area (TPSA) is 0 Å². The van der Waals surface area contributed by atoms with Crippen molar-refractivity contribution in [3.63, 3.8) is 0 Å². The van der Waals surface area contributed by atoms with Crippen LogP contribution in [0.5, 0.6) is 0 Å². The molecule has 100 valence electrons. The second-order valence-electron chi connectivity index (χ2n) is 4.51. The first-order chi connectivity index (χ1) is 9.16. The molecule has 2 aromatic rings. The van der Waals surface area contributed by atoms with Crippen molar-refractivity contribution >= 4 is 31.9 Å². The first kappa shape index (κ1) is 14.7. The molecule has 0 saturated heterocycles. The minimum absolute atomic E-state index is 0.170. The predicted octanol–water partition coefficient (Wildman–Crippen LogP) is 6.05. The largest absolute Gasteiger partial charge is 0.207 e. The van der Waals surface area contributed by atoms with E-state index in [0.29, 0.717) is 4.83 Å². The van der Waals surface area contributed by atoms with Gasteiger partial charge in [-0.2, -0.15) is 0 Å². The fourth-order valence-corrected chi connectivity index (χ4v) is 3.11. The molecule has 0 heterocycles. The summed E-state index contributed by atoms with van der Waals surface area (Å²) < 4.78 is 14.2. The lowest BCUT2D eigenvalue weighted by molar-refractivity contribution is 0.622. The van der Waals surface area contributed by atoms with Crippen molar-refractivity contribution in [3.05, 3.63) is 69.9 Å². The molecule has 0 amide bonds. The maximum atomic E-state index is 13.2. The van der Waals surface area contributed by atoms with E-state index in [1.54, 1.807) is 12.1 Å². The van der Waals surface area contributed by atoms with Crippen LogP contribution in [-0.2, 0) is 6.42 Å². The minimum atomic E-state index is -0.170. The van der Waals surface area contributed by atoms with Crippen molar-refractivity contribution in [2.45, 2.75) is 24.1 Å². The van der Waals surface area contributed by atoms with E-state index in [1.807, 2.05) is 18.2 Å². The van der Waals surface area contributed by atoms with Crippen LogP contribution < -0.4 is 0 Å². The van der Waals surface area contributed by atoms with Gasteiger partial charge in [0, 0.05) is 9.30 Å². The quantitative estimate of drug-likeness (QED) is 0.549.